The number of rotatable bonds is 9. The van der Waals surface area contributed by atoms with Crippen molar-refractivity contribution >= 4 is 27.3 Å². The first kappa shape index (κ1) is 22.1. The second-order valence-electron chi connectivity index (χ2n) is 7.53. The molecule has 162 valence electrons. The van der Waals surface area contributed by atoms with Gasteiger partial charge in [0.2, 0.25) is 15.9 Å². The smallest absolute Gasteiger partial charge is 0.232 e. The molecule has 8 heteroatoms. The number of halogens is 1. The molecule has 1 aliphatic heterocycles. The number of nitrogens with zero attached hydrogens (tertiary/aromatic N) is 2. The summed E-state index contributed by atoms with van der Waals surface area (Å²) in [5.74, 6) is -0.773. The summed E-state index contributed by atoms with van der Waals surface area (Å²) < 4.78 is 39.1. The summed E-state index contributed by atoms with van der Waals surface area (Å²) in [7, 11) is -3.65. The standard InChI is InChI=1S/C22H28FN3O3S/c1-30(28,29)26(21-8-3-2-7-20(21)23)16-6-9-22(27)24-17-18-10-12-19(13-11-18)25-14-4-5-15-25/h2-3,7-8,10-13H,4-6,9,14-17H2,1H3,(H,24,27). The highest BCUT2D eigenvalue weighted by molar-refractivity contribution is 7.92. The van der Waals surface area contributed by atoms with Gasteiger partial charge in [0.15, 0.2) is 0 Å². The molecule has 0 aliphatic carbocycles. The summed E-state index contributed by atoms with van der Waals surface area (Å²) in [5.41, 5.74) is 2.21. The van der Waals surface area contributed by atoms with E-state index in [-0.39, 0.29) is 24.6 Å². The number of nitrogens with one attached hydrogen (secondary N) is 1. The van der Waals surface area contributed by atoms with Crippen LogP contribution in [0.5, 0.6) is 0 Å². The predicted molar refractivity (Wildman–Crippen MR) is 118 cm³/mol. The summed E-state index contributed by atoms with van der Waals surface area (Å²) in [5, 5.41) is 2.86. The Labute approximate surface area is 177 Å². The summed E-state index contributed by atoms with van der Waals surface area (Å²) in [6.07, 6.45) is 3.94. The molecule has 0 unspecified atom stereocenters. The summed E-state index contributed by atoms with van der Waals surface area (Å²) >= 11 is 0. The SMILES string of the molecule is CS(=O)(=O)N(CCCC(=O)NCc1ccc(N2CCCC2)cc1)c1ccccc1F. The number of para-hydroxylation sites is 1. The molecule has 6 nitrogen and oxygen atoms in total. The summed E-state index contributed by atoms with van der Waals surface area (Å²) in [6, 6.07) is 13.9. The Morgan fingerprint density at radius 1 is 1.10 bits per heavy atom. The molecule has 2 aromatic carbocycles. The molecule has 0 atom stereocenters. The maximum atomic E-state index is 14.0. The topological polar surface area (TPSA) is 69.7 Å². The maximum Gasteiger partial charge on any atom is 0.232 e. The highest BCUT2D eigenvalue weighted by Gasteiger charge is 2.20. The van der Waals surface area contributed by atoms with E-state index in [1.165, 1.54) is 36.7 Å². The molecule has 1 aliphatic rings. The largest absolute Gasteiger partial charge is 0.372 e. The third-order valence-electron chi connectivity index (χ3n) is 5.18. The van der Waals surface area contributed by atoms with E-state index in [0.29, 0.717) is 13.0 Å². The first-order chi connectivity index (χ1) is 14.3. The maximum absolute atomic E-state index is 14.0. The molecule has 0 radical (unpaired) electrons. The Morgan fingerprint density at radius 2 is 1.77 bits per heavy atom. The van der Waals surface area contributed by atoms with E-state index in [1.54, 1.807) is 6.07 Å². The second-order valence-corrected chi connectivity index (χ2v) is 9.43. The van der Waals surface area contributed by atoms with Gasteiger partial charge in [-0.15, -0.1) is 0 Å². The molecule has 0 aromatic heterocycles. The van der Waals surface area contributed by atoms with Crippen molar-refractivity contribution < 1.29 is 17.6 Å². The van der Waals surface area contributed by atoms with Crippen LogP contribution in [0.3, 0.4) is 0 Å². The first-order valence-electron chi connectivity index (χ1n) is 10.2. The van der Waals surface area contributed by atoms with E-state index in [4.69, 9.17) is 0 Å². The lowest BCUT2D eigenvalue weighted by Gasteiger charge is -2.22. The zero-order chi connectivity index (χ0) is 21.6. The van der Waals surface area contributed by atoms with Crippen LogP contribution in [0, 0.1) is 5.82 Å². The number of hydrogen-bond donors (Lipinski definition) is 1. The Hall–Kier alpha value is -2.61. The average Bonchev–Trinajstić information content (AvgIpc) is 3.25. The van der Waals surface area contributed by atoms with Gasteiger partial charge in [0.05, 0.1) is 11.9 Å². The van der Waals surface area contributed by atoms with Gasteiger partial charge in [0, 0.05) is 38.3 Å². The van der Waals surface area contributed by atoms with Crippen molar-refractivity contribution in [1.82, 2.24) is 5.32 Å². The van der Waals surface area contributed by atoms with E-state index in [0.717, 1.165) is 29.2 Å². The van der Waals surface area contributed by atoms with Crippen LogP contribution < -0.4 is 14.5 Å². The van der Waals surface area contributed by atoms with E-state index >= 15 is 0 Å². The molecular weight excluding hydrogens is 405 g/mol. The van der Waals surface area contributed by atoms with Gasteiger partial charge in [-0.1, -0.05) is 24.3 Å². The molecule has 1 fully saturated rings. The molecule has 1 N–H and O–H groups in total. The van der Waals surface area contributed by atoms with Crippen LogP contribution in [-0.2, 0) is 21.4 Å². The Balaban J connectivity index is 1.47. The van der Waals surface area contributed by atoms with Crippen LogP contribution >= 0.6 is 0 Å². The Bertz CT molecular complexity index is 958. The Kier molecular flexibility index (Phi) is 7.31. The van der Waals surface area contributed by atoms with E-state index < -0.39 is 15.8 Å². The van der Waals surface area contributed by atoms with Gasteiger partial charge in [0.25, 0.3) is 0 Å². The summed E-state index contributed by atoms with van der Waals surface area (Å²) in [6.45, 7) is 2.64. The van der Waals surface area contributed by atoms with Gasteiger partial charge in [0.1, 0.15) is 5.82 Å². The number of hydrogen-bond acceptors (Lipinski definition) is 4. The third-order valence-corrected chi connectivity index (χ3v) is 6.36. The molecule has 3 rings (SSSR count). The molecule has 0 spiro atoms. The normalized spacial score (nSPS) is 14.0. The predicted octanol–water partition coefficient (Wildman–Crippen LogP) is 3.29. The zero-order valence-corrected chi connectivity index (χ0v) is 18.0. The van der Waals surface area contributed by atoms with Crippen LogP contribution in [0.4, 0.5) is 15.8 Å². The molecule has 1 heterocycles. The van der Waals surface area contributed by atoms with Crippen molar-refractivity contribution in [3.8, 4) is 0 Å². The quantitative estimate of drug-likeness (QED) is 0.659. The van der Waals surface area contributed by atoms with Crippen molar-refractivity contribution in [2.75, 3.05) is 35.1 Å². The fraction of sp³-hybridized carbons (Fsp3) is 0.409. The second kappa shape index (κ2) is 9.93. The number of carbonyl (C=O) groups excluding carboxylic acids is 1. The van der Waals surface area contributed by atoms with Crippen molar-refractivity contribution in [3.05, 3.63) is 59.9 Å². The van der Waals surface area contributed by atoms with Crippen LogP contribution in [0.2, 0.25) is 0 Å². The van der Waals surface area contributed by atoms with E-state index in [9.17, 15) is 17.6 Å². The van der Waals surface area contributed by atoms with E-state index in [2.05, 4.69) is 22.3 Å². The minimum atomic E-state index is -3.65. The van der Waals surface area contributed by atoms with Crippen molar-refractivity contribution in [3.63, 3.8) is 0 Å². The molecule has 1 amide bonds. The average molecular weight is 434 g/mol. The highest BCUT2D eigenvalue weighted by Crippen LogP contribution is 2.22. The minimum Gasteiger partial charge on any atom is -0.372 e. The zero-order valence-electron chi connectivity index (χ0n) is 17.2. The van der Waals surface area contributed by atoms with E-state index in [1.807, 2.05) is 12.1 Å². The van der Waals surface area contributed by atoms with Gasteiger partial charge in [-0.05, 0) is 49.1 Å². The summed E-state index contributed by atoms with van der Waals surface area (Å²) in [4.78, 5) is 14.5. The molecule has 2 aromatic rings. The van der Waals surface area contributed by atoms with Crippen molar-refractivity contribution in [2.24, 2.45) is 0 Å². The van der Waals surface area contributed by atoms with Gasteiger partial charge in [-0.3, -0.25) is 9.10 Å². The fourth-order valence-electron chi connectivity index (χ4n) is 3.59. The van der Waals surface area contributed by atoms with Crippen LogP contribution in [0.25, 0.3) is 0 Å². The monoisotopic (exact) mass is 433 g/mol. The van der Waals surface area contributed by atoms with Gasteiger partial charge in [-0.25, -0.2) is 12.8 Å². The molecule has 0 bridgehead atoms. The lowest BCUT2D eigenvalue weighted by Crippen LogP contribution is -2.32. The van der Waals surface area contributed by atoms with Crippen LogP contribution in [0.15, 0.2) is 48.5 Å². The molecular formula is C22H28FN3O3S. The fourth-order valence-corrected chi connectivity index (χ4v) is 4.56. The van der Waals surface area contributed by atoms with Crippen molar-refractivity contribution in [1.29, 1.82) is 0 Å². The third kappa shape index (κ3) is 5.95. The van der Waals surface area contributed by atoms with Gasteiger partial charge < -0.3 is 10.2 Å². The van der Waals surface area contributed by atoms with Crippen molar-refractivity contribution in [2.45, 2.75) is 32.2 Å². The number of amides is 1. The Morgan fingerprint density at radius 3 is 2.40 bits per heavy atom. The lowest BCUT2D eigenvalue weighted by atomic mass is 10.2. The molecule has 1 saturated heterocycles. The van der Waals surface area contributed by atoms with Crippen LogP contribution in [-0.4, -0.2) is 40.2 Å². The first-order valence-corrected chi connectivity index (χ1v) is 12.0. The van der Waals surface area contributed by atoms with Gasteiger partial charge in [-0.2, -0.15) is 0 Å². The number of benzene rings is 2. The van der Waals surface area contributed by atoms with Gasteiger partial charge >= 0.3 is 0 Å². The van der Waals surface area contributed by atoms with Crippen LogP contribution in [0.1, 0.15) is 31.2 Å². The number of carbonyl (C=O) groups is 1. The highest BCUT2D eigenvalue weighted by atomic mass is 32.2. The lowest BCUT2D eigenvalue weighted by molar-refractivity contribution is -0.121. The number of anilines is 2. The molecule has 0 saturated carbocycles. The number of sulfonamides is 1. The molecule has 30 heavy (non-hydrogen) atoms. The minimum absolute atomic E-state index is 0.00139.